The minimum Gasteiger partial charge on any atom is -1.00 e. The summed E-state index contributed by atoms with van der Waals surface area (Å²) in [7, 11) is -3.13. The average Bonchev–Trinajstić information content (AvgIpc) is 0.811. The second-order valence-corrected chi connectivity index (χ2v) is 0.848. The quantitative estimate of drug-likeness (QED) is 0.411. The predicted octanol–water partition coefficient (Wildman–Crippen LogP) is -1.66. The van der Waals surface area contributed by atoms with Gasteiger partial charge in [-0.2, -0.15) is 13.5 Å². The Morgan fingerprint density at radius 2 is 1.50 bits per heavy atom. The maximum Gasteiger partial charge on any atom is 2.00 e. The molecule has 3 nitrogen and oxygen atoms in total. The largest absolute Gasteiger partial charge is 2.00 e. The molecular formula is H6CaO3SSi. The maximum absolute atomic E-state index is 8.74. The molecule has 0 fully saturated rings. The van der Waals surface area contributed by atoms with Gasteiger partial charge < -0.3 is 12.4 Å². The van der Waals surface area contributed by atoms with E-state index >= 15 is 0 Å². The van der Waals surface area contributed by atoms with Crippen molar-refractivity contribution in [2.75, 3.05) is 0 Å². The number of rotatable bonds is 0. The average molecular weight is 154 g/mol. The number of hydrogen-bond donors (Lipinski definition) is 2. The maximum atomic E-state index is 8.74. The molecule has 36 valence electrons. The van der Waals surface area contributed by atoms with Crippen molar-refractivity contribution < 1.29 is 16.9 Å². The minimum absolute atomic E-state index is 0. The molecule has 0 atom stereocenters. The third-order valence-electron chi connectivity index (χ3n) is 0. The van der Waals surface area contributed by atoms with E-state index in [4.69, 9.17) is 14.1 Å². The molecule has 6 heteroatoms. The predicted molar refractivity (Wildman–Crippen MR) is 29.2 cm³/mol. The van der Waals surface area contributed by atoms with Crippen molar-refractivity contribution in [2.24, 2.45) is 0 Å². The van der Waals surface area contributed by atoms with Gasteiger partial charge in [0, 0.05) is 0 Å². The summed E-state index contributed by atoms with van der Waals surface area (Å²) in [6.45, 7) is 0. The Bertz CT molecular complexity index is 40.3. The molecule has 0 aromatic carbocycles. The minimum atomic E-state index is -3.13. The first-order valence-corrected chi connectivity index (χ1v) is 1.95. The molecule has 6 heavy (non-hydrogen) atoms. The van der Waals surface area contributed by atoms with E-state index in [1.54, 1.807) is 0 Å². The van der Waals surface area contributed by atoms with Gasteiger partial charge in [-0.15, -0.1) is 0 Å². The van der Waals surface area contributed by atoms with Crippen molar-refractivity contribution in [1.29, 1.82) is 0 Å². The van der Waals surface area contributed by atoms with Crippen LogP contribution in [0.3, 0.4) is 0 Å². The second kappa shape index (κ2) is 9.52. The molecule has 0 spiro atoms. The van der Waals surface area contributed by atoms with Crippen LogP contribution in [0.2, 0.25) is 0 Å². The molecule has 0 saturated heterocycles. The topological polar surface area (TPSA) is 57.5 Å². The Balaban J connectivity index is -0.00000000750. The summed E-state index contributed by atoms with van der Waals surface area (Å²) in [4.78, 5) is 14.3. The van der Waals surface area contributed by atoms with Gasteiger partial charge in [-0.25, -0.2) is 0 Å². The molecule has 0 amide bonds. The van der Waals surface area contributed by atoms with Crippen LogP contribution in [0.25, 0.3) is 0 Å². The van der Waals surface area contributed by atoms with Crippen LogP contribution >= 0.6 is 13.5 Å². The summed E-state index contributed by atoms with van der Waals surface area (Å²) in [5, 5.41) is 0. The van der Waals surface area contributed by atoms with Crippen LogP contribution in [0.15, 0.2) is 0 Å². The first-order valence-electron chi connectivity index (χ1n) is 0.651. The standard InChI is InChI=1S/Ca.H2O3Si.H2S.2H/c;1-4(2)3;;;/h;1-2H;1H2;;/q+2;;;2*-1. The van der Waals surface area contributed by atoms with Gasteiger partial charge >= 0.3 is 46.9 Å². The molecule has 0 aliphatic carbocycles. The molecule has 0 unspecified atom stereocenters. The molecule has 0 aromatic heterocycles. The monoisotopic (exact) mass is 154 g/mol. The molecule has 2 N–H and O–H groups in total. The fourth-order valence-electron chi connectivity index (χ4n) is 0. The van der Waals surface area contributed by atoms with Crippen molar-refractivity contribution in [1.82, 2.24) is 0 Å². The van der Waals surface area contributed by atoms with Crippen molar-refractivity contribution >= 4 is 60.4 Å². The number of hydrogen-bond acceptors (Lipinski definition) is 1. The van der Waals surface area contributed by atoms with Crippen LogP contribution in [0.5, 0.6) is 0 Å². The van der Waals surface area contributed by atoms with E-state index < -0.39 is 9.17 Å². The Morgan fingerprint density at radius 3 is 1.50 bits per heavy atom. The molecule has 0 saturated carbocycles. The van der Waals surface area contributed by atoms with Crippen molar-refractivity contribution in [3.63, 3.8) is 0 Å². The zero-order chi connectivity index (χ0) is 3.58. The molecule has 0 rings (SSSR count). The second-order valence-electron chi connectivity index (χ2n) is 0.283. The fraction of sp³-hybridized carbons (Fsp3) is 0. The van der Waals surface area contributed by atoms with Crippen molar-refractivity contribution in [3.05, 3.63) is 0 Å². The van der Waals surface area contributed by atoms with Gasteiger partial charge in [0.15, 0.2) is 0 Å². The summed E-state index contributed by atoms with van der Waals surface area (Å²) in [5.41, 5.74) is 0. The van der Waals surface area contributed by atoms with Crippen LogP contribution in [0.4, 0.5) is 0 Å². The Kier molecular flexibility index (Phi) is 24.9. The Labute approximate surface area is 76.7 Å². The van der Waals surface area contributed by atoms with E-state index in [-0.39, 0.29) is 54.1 Å². The van der Waals surface area contributed by atoms with E-state index in [1.165, 1.54) is 0 Å². The Morgan fingerprint density at radius 1 is 1.50 bits per heavy atom. The summed E-state index contributed by atoms with van der Waals surface area (Å²) in [6, 6.07) is 0. The third kappa shape index (κ3) is 62.1. The molecule has 0 aliphatic heterocycles. The van der Waals surface area contributed by atoms with Gasteiger partial charge in [0.2, 0.25) is 0 Å². The van der Waals surface area contributed by atoms with E-state index in [0.717, 1.165) is 0 Å². The van der Waals surface area contributed by atoms with Crippen molar-refractivity contribution in [2.45, 2.75) is 0 Å². The first kappa shape index (κ1) is 15.7. The van der Waals surface area contributed by atoms with Gasteiger partial charge in [0.25, 0.3) is 0 Å². The first-order chi connectivity index (χ1) is 1.73. The summed E-state index contributed by atoms with van der Waals surface area (Å²) in [5.74, 6) is 0. The molecule has 0 aliphatic rings. The van der Waals surface area contributed by atoms with Crippen LogP contribution < -0.4 is 0 Å². The van der Waals surface area contributed by atoms with Gasteiger partial charge in [-0.1, -0.05) is 0 Å². The van der Waals surface area contributed by atoms with Crippen LogP contribution in [0.1, 0.15) is 2.85 Å². The van der Waals surface area contributed by atoms with Crippen molar-refractivity contribution in [3.8, 4) is 0 Å². The Hall–Kier alpha value is 1.23. The smallest absolute Gasteiger partial charge is 1.00 e. The molecular weight excluding hydrogens is 148 g/mol. The summed E-state index contributed by atoms with van der Waals surface area (Å²) >= 11 is 0. The van der Waals surface area contributed by atoms with Crippen LogP contribution in [0, 0.1) is 0 Å². The summed E-state index contributed by atoms with van der Waals surface area (Å²) in [6.07, 6.45) is 0. The molecule has 0 radical (unpaired) electrons. The summed E-state index contributed by atoms with van der Waals surface area (Å²) < 4.78 is 8.74. The van der Waals surface area contributed by atoms with Crippen LogP contribution in [-0.2, 0) is 4.46 Å². The van der Waals surface area contributed by atoms with Crippen LogP contribution in [-0.4, -0.2) is 56.5 Å². The SMILES string of the molecule is O=[Si](O)O.S.[Ca+2].[H-].[H-]. The van der Waals surface area contributed by atoms with E-state index in [1.807, 2.05) is 0 Å². The molecule has 0 heterocycles. The van der Waals surface area contributed by atoms with Gasteiger partial charge in [0.05, 0.1) is 0 Å². The fourth-order valence-corrected chi connectivity index (χ4v) is 0. The zero-order valence-electron chi connectivity index (χ0n) is 5.01. The van der Waals surface area contributed by atoms with Gasteiger partial charge in [0.1, 0.15) is 0 Å². The normalized spacial score (nSPS) is 4.00. The van der Waals surface area contributed by atoms with E-state index in [0.29, 0.717) is 0 Å². The molecule has 0 aromatic rings. The molecule has 0 bridgehead atoms. The van der Waals surface area contributed by atoms with Gasteiger partial charge in [-0.3, -0.25) is 4.46 Å². The third-order valence-corrected chi connectivity index (χ3v) is 0. The zero-order valence-corrected chi connectivity index (χ0v) is 7.22. The van der Waals surface area contributed by atoms with Gasteiger partial charge in [-0.05, 0) is 0 Å². The van der Waals surface area contributed by atoms with E-state index in [2.05, 4.69) is 0 Å². The van der Waals surface area contributed by atoms with E-state index in [9.17, 15) is 0 Å².